The highest BCUT2D eigenvalue weighted by Gasteiger charge is 2.17. The Bertz CT molecular complexity index is 383. The zero-order chi connectivity index (χ0) is 11.4. The highest BCUT2D eigenvalue weighted by molar-refractivity contribution is 9.10. The van der Waals surface area contributed by atoms with Crippen molar-refractivity contribution in [3.05, 3.63) is 34.3 Å². The van der Waals surface area contributed by atoms with Gasteiger partial charge in [0.2, 0.25) is 11.6 Å². The van der Waals surface area contributed by atoms with Gasteiger partial charge in [0.25, 0.3) is 0 Å². The van der Waals surface area contributed by atoms with Crippen molar-refractivity contribution in [2.75, 3.05) is 0 Å². The van der Waals surface area contributed by atoms with Crippen LogP contribution in [0.15, 0.2) is 28.7 Å². The normalized spacial score (nSPS) is 10.4. The average Bonchev–Trinajstić information content (AvgIpc) is 2.15. The summed E-state index contributed by atoms with van der Waals surface area (Å²) in [5.41, 5.74) is 0.454. The fourth-order valence-electron chi connectivity index (χ4n) is 1.25. The molecule has 3 heteroatoms. The fraction of sp³-hybridized carbons (Fsp3) is 0.333. The maximum absolute atomic E-state index is 11.7. The molecule has 0 saturated heterocycles. The van der Waals surface area contributed by atoms with Crippen LogP contribution < -0.4 is 0 Å². The van der Waals surface area contributed by atoms with Gasteiger partial charge < -0.3 is 0 Å². The summed E-state index contributed by atoms with van der Waals surface area (Å²) in [6.07, 6.45) is 0.311. The highest BCUT2D eigenvalue weighted by Crippen LogP contribution is 2.13. The Balaban J connectivity index is 2.81. The van der Waals surface area contributed by atoms with Crippen molar-refractivity contribution in [1.29, 1.82) is 0 Å². The van der Waals surface area contributed by atoms with E-state index < -0.39 is 5.78 Å². The van der Waals surface area contributed by atoms with Crippen molar-refractivity contribution in [3.8, 4) is 0 Å². The van der Waals surface area contributed by atoms with Crippen LogP contribution in [0.1, 0.15) is 30.6 Å². The number of Topliss-reactive ketones (excluding diaryl/α,β-unsaturated/α-hetero) is 2. The van der Waals surface area contributed by atoms with Crippen molar-refractivity contribution in [2.24, 2.45) is 5.92 Å². The van der Waals surface area contributed by atoms with Crippen LogP contribution in [0, 0.1) is 5.92 Å². The zero-order valence-corrected chi connectivity index (χ0v) is 10.4. The van der Waals surface area contributed by atoms with E-state index >= 15 is 0 Å². The second-order valence-corrected chi connectivity index (χ2v) is 4.78. The first-order valence-corrected chi connectivity index (χ1v) is 5.63. The topological polar surface area (TPSA) is 34.1 Å². The van der Waals surface area contributed by atoms with Crippen molar-refractivity contribution in [1.82, 2.24) is 0 Å². The van der Waals surface area contributed by atoms with E-state index in [0.717, 1.165) is 4.47 Å². The SMILES string of the molecule is CC(C)CC(=O)C(=O)c1cccc(Br)c1. The van der Waals surface area contributed by atoms with E-state index in [1.807, 2.05) is 19.9 Å². The molecule has 1 rings (SSSR count). The molecule has 0 fully saturated rings. The molecule has 0 radical (unpaired) electrons. The van der Waals surface area contributed by atoms with E-state index in [9.17, 15) is 9.59 Å². The molecular formula is C12H13BrO2. The maximum atomic E-state index is 11.7. The maximum Gasteiger partial charge on any atom is 0.228 e. The molecule has 15 heavy (non-hydrogen) atoms. The van der Waals surface area contributed by atoms with Gasteiger partial charge in [0.05, 0.1) is 0 Å². The minimum atomic E-state index is -0.398. The monoisotopic (exact) mass is 268 g/mol. The number of rotatable bonds is 4. The van der Waals surface area contributed by atoms with Gasteiger partial charge >= 0.3 is 0 Å². The first-order valence-electron chi connectivity index (χ1n) is 4.84. The van der Waals surface area contributed by atoms with Crippen LogP contribution in [0.2, 0.25) is 0 Å². The van der Waals surface area contributed by atoms with Gasteiger partial charge in [-0.15, -0.1) is 0 Å². The zero-order valence-electron chi connectivity index (χ0n) is 8.79. The summed E-state index contributed by atoms with van der Waals surface area (Å²) < 4.78 is 0.811. The van der Waals surface area contributed by atoms with E-state index in [-0.39, 0.29) is 11.7 Å². The predicted octanol–water partition coefficient (Wildman–Crippen LogP) is 3.25. The van der Waals surface area contributed by atoms with Crippen LogP contribution in [0.3, 0.4) is 0 Å². The van der Waals surface area contributed by atoms with Gasteiger partial charge in [-0.1, -0.05) is 41.9 Å². The van der Waals surface area contributed by atoms with Gasteiger partial charge in [-0.3, -0.25) is 9.59 Å². The Kier molecular flexibility index (Phi) is 4.21. The average molecular weight is 269 g/mol. The fourth-order valence-corrected chi connectivity index (χ4v) is 1.65. The number of benzene rings is 1. The molecule has 0 aliphatic rings. The molecule has 0 N–H and O–H groups in total. The molecule has 0 aliphatic carbocycles. The highest BCUT2D eigenvalue weighted by atomic mass is 79.9. The third-order valence-corrected chi connectivity index (χ3v) is 2.43. The van der Waals surface area contributed by atoms with Crippen LogP contribution in [-0.2, 0) is 4.79 Å². The molecule has 0 aliphatic heterocycles. The number of carbonyl (C=O) groups is 2. The third kappa shape index (κ3) is 3.59. The number of carbonyl (C=O) groups excluding carboxylic acids is 2. The van der Waals surface area contributed by atoms with Gasteiger partial charge in [-0.05, 0) is 18.1 Å². The summed E-state index contributed by atoms with van der Waals surface area (Å²) in [5, 5.41) is 0. The Morgan fingerprint density at radius 3 is 2.53 bits per heavy atom. The Labute approximate surface area is 97.8 Å². The van der Waals surface area contributed by atoms with Gasteiger partial charge in [0.15, 0.2) is 0 Å². The van der Waals surface area contributed by atoms with Crippen LogP contribution in [0.25, 0.3) is 0 Å². The van der Waals surface area contributed by atoms with Gasteiger partial charge in [0.1, 0.15) is 0 Å². The molecule has 0 aromatic heterocycles. The van der Waals surface area contributed by atoms with E-state index in [2.05, 4.69) is 15.9 Å². The van der Waals surface area contributed by atoms with Crippen molar-refractivity contribution < 1.29 is 9.59 Å². The van der Waals surface area contributed by atoms with Gasteiger partial charge in [0, 0.05) is 16.5 Å². The van der Waals surface area contributed by atoms with E-state index in [4.69, 9.17) is 0 Å². The summed E-state index contributed by atoms with van der Waals surface area (Å²) >= 11 is 3.27. The number of hydrogen-bond donors (Lipinski definition) is 0. The molecule has 0 spiro atoms. The van der Waals surface area contributed by atoms with E-state index in [1.165, 1.54) is 0 Å². The van der Waals surface area contributed by atoms with Crippen LogP contribution in [0.5, 0.6) is 0 Å². The van der Waals surface area contributed by atoms with Crippen molar-refractivity contribution in [2.45, 2.75) is 20.3 Å². The second-order valence-electron chi connectivity index (χ2n) is 3.86. The molecule has 1 aromatic carbocycles. The Hall–Kier alpha value is -0.960. The summed E-state index contributed by atoms with van der Waals surface area (Å²) in [4.78, 5) is 23.2. The molecule has 80 valence electrons. The predicted molar refractivity (Wildman–Crippen MR) is 62.9 cm³/mol. The number of hydrogen-bond acceptors (Lipinski definition) is 2. The smallest absolute Gasteiger partial charge is 0.228 e. The van der Waals surface area contributed by atoms with Gasteiger partial charge in [-0.25, -0.2) is 0 Å². The third-order valence-electron chi connectivity index (χ3n) is 1.93. The summed E-state index contributed by atoms with van der Waals surface area (Å²) in [7, 11) is 0. The summed E-state index contributed by atoms with van der Waals surface area (Å²) in [6, 6.07) is 6.90. The largest absolute Gasteiger partial charge is 0.290 e. The molecule has 0 atom stereocenters. The summed E-state index contributed by atoms with van der Waals surface area (Å²) in [6.45, 7) is 3.85. The molecule has 0 bridgehead atoms. The lowest BCUT2D eigenvalue weighted by atomic mass is 10.0. The van der Waals surface area contributed by atoms with Crippen molar-refractivity contribution in [3.63, 3.8) is 0 Å². The molecule has 1 aromatic rings. The van der Waals surface area contributed by atoms with Gasteiger partial charge in [-0.2, -0.15) is 0 Å². The molecule has 0 unspecified atom stereocenters. The van der Waals surface area contributed by atoms with Crippen LogP contribution in [0.4, 0.5) is 0 Å². The lowest BCUT2D eigenvalue weighted by Crippen LogP contribution is -2.16. The lowest BCUT2D eigenvalue weighted by molar-refractivity contribution is -0.115. The quantitative estimate of drug-likeness (QED) is 0.621. The second kappa shape index (κ2) is 5.21. The van der Waals surface area contributed by atoms with Crippen molar-refractivity contribution >= 4 is 27.5 Å². The lowest BCUT2D eigenvalue weighted by Gasteiger charge is -2.03. The summed E-state index contributed by atoms with van der Waals surface area (Å²) in [5.74, 6) is -0.498. The van der Waals surface area contributed by atoms with E-state index in [1.54, 1.807) is 18.2 Å². The standard InChI is InChI=1S/C12H13BrO2/c1-8(2)6-11(14)12(15)9-4-3-5-10(13)7-9/h3-5,7-8H,6H2,1-2H3. The molecule has 0 amide bonds. The minimum Gasteiger partial charge on any atom is -0.290 e. The Morgan fingerprint density at radius 2 is 2.00 bits per heavy atom. The molecular weight excluding hydrogens is 256 g/mol. The van der Waals surface area contributed by atoms with E-state index in [0.29, 0.717) is 12.0 Å². The minimum absolute atomic E-state index is 0.216. The number of halogens is 1. The van der Waals surface area contributed by atoms with Crippen LogP contribution in [-0.4, -0.2) is 11.6 Å². The Morgan fingerprint density at radius 1 is 1.33 bits per heavy atom. The van der Waals surface area contributed by atoms with Crippen LogP contribution >= 0.6 is 15.9 Å². The molecule has 2 nitrogen and oxygen atoms in total. The number of ketones is 2. The first-order chi connectivity index (χ1) is 7.00. The first kappa shape index (κ1) is 12.1. The molecule has 0 saturated carbocycles. The molecule has 0 heterocycles.